The van der Waals surface area contributed by atoms with Gasteiger partial charge in [-0.2, -0.15) is 0 Å². The standard InChI is InChI=1S/C46H27N3S2.2C40H22N2S3/c1-4-19-40-34(14-1)35-15-2-5-20-41(35)49(40)32-13-8-10-28(25-32)29-22-23-38-43(26-29)51-46-44(38)47-27-39(48-46)31-12-7-11-30(24-31)33-17-9-18-37-36-16-3-6-21-42(36)50-45(33)37;1-3-19-34-26(11-1)28-14-6-13-25(37(28)43-34)23-9-5-10-24(21-23)33-22-41-36-32-18-8-17-31(39(32)45-40(36)42-33)30-16-7-15-29-27-12-2-4-20-35(27)44-38(29)30;1-3-16-34-28(10-1)30-14-6-12-26(38(30)43-34)23-8-5-9-25(20-23)33-22-41-37-32-19-18-24(21-36(32)45-40(37)42-33)27-13-7-15-31-29-11-2-4-17-35(29)44-39(27)31/h1-27H;2*1-22H. The Balaban J connectivity index is 0.000000102. The first-order valence-corrected chi connectivity index (χ1v) is 53.4. The number of thiophene rings is 8. The topological polar surface area (TPSA) is 82.3 Å². The highest BCUT2D eigenvalue weighted by atomic mass is 32.1. The molecule has 7 nitrogen and oxygen atoms in total. The van der Waals surface area contributed by atoms with Crippen LogP contribution in [0.15, 0.2) is 431 Å². The van der Waals surface area contributed by atoms with Crippen LogP contribution in [-0.4, -0.2) is 34.5 Å². The van der Waals surface area contributed by atoms with Crippen molar-refractivity contribution in [2.75, 3.05) is 0 Å². The monoisotopic (exact) mass is 1940 g/mol. The Morgan fingerprint density at radius 1 is 0.163 bits per heavy atom. The fourth-order valence-corrected chi connectivity index (χ4v) is 30.5. The molecule has 31 rings (SSSR count). The minimum Gasteiger partial charge on any atom is -0.309 e. The highest BCUT2D eigenvalue weighted by Gasteiger charge is 2.24. The maximum absolute atomic E-state index is 5.21. The van der Waals surface area contributed by atoms with Crippen molar-refractivity contribution in [3.05, 3.63) is 431 Å². The van der Waals surface area contributed by atoms with Crippen LogP contribution < -0.4 is 0 Å². The summed E-state index contributed by atoms with van der Waals surface area (Å²) in [6, 6.07) is 149. The van der Waals surface area contributed by atoms with Crippen molar-refractivity contribution < 1.29 is 0 Å². The lowest BCUT2D eigenvalue weighted by Crippen LogP contribution is -1.94. The third-order valence-electron chi connectivity index (χ3n) is 27.6. The second kappa shape index (κ2) is 33.4. The zero-order valence-electron chi connectivity index (χ0n) is 74.9. The average molecular weight is 1940 g/mol. The molecule has 0 saturated carbocycles. The van der Waals surface area contributed by atoms with Gasteiger partial charge in [0.25, 0.3) is 0 Å². The van der Waals surface area contributed by atoms with Gasteiger partial charge in [-0.05, 0) is 141 Å². The number of nitrogens with zero attached hydrogens (tertiary/aromatic N) is 7. The fourth-order valence-electron chi connectivity index (χ4n) is 21.0. The van der Waals surface area contributed by atoms with E-state index in [1.54, 1.807) is 34.0 Å². The van der Waals surface area contributed by atoms with Crippen molar-refractivity contribution in [3.8, 4) is 106 Å². The van der Waals surface area contributed by atoms with Crippen LogP contribution in [0.2, 0.25) is 0 Å². The van der Waals surface area contributed by atoms with Gasteiger partial charge >= 0.3 is 0 Å². The van der Waals surface area contributed by atoms with E-state index in [1.807, 2.05) is 75.3 Å². The molecule has 19 aromatic carbocycles. The Morgan fingerprint density at radius 2 is 0.433 bits per heavy atom. The summed E-state index contributed by atoms with van der Waals surface area (Å²) in [5, 5.41) is 19.2. The lowest BCUT2D eigenvalue weighted by molar-refractivity contribution is 1.18. The average Bonchev–Trinajstić information content (AvgIpc) is 1.61. The van der Waals surface area contributed by atoms with Gasteiger partial charge in [0.1, 0.15) is 31.0 Å². The van der Waals surface area contributed by atoms with E-state index >= 15 is 0 Å². The molecule has 0 atom stereocenters. The summed E-state index contributed by atoms with van der Waals surface area (Å²) in [7, 11) is 0. The molecule has 0 aliphatic heterocycles. The Hall–Kier alpha value is -16.0. The van der Waals surface area contributed by atoms with Crippen LogP contribution in [0.1, 0.15) is 0 Å². The van der Waals surface area contributed by atoms with E-state index < -0.39 is 0 Å². The summed E-state index contributed by atoms with van der Waals surface area (Å²) in [6.45, 7) is 0. The summed E-state index contributed by atoms with van der Waals surface area (Å²) < 4.78 is 19.2. The number of hydrogen-bond donors (Lipinski definition) is 0. The fraction of sp³-hybridized carbons (Fsp3) is 0. The lowest BCUT2D eigenvalue weighted by Gasteiger charge is -2.10. The van der Waals surface area contributed by atoms with Crippen molar-refractivity contribution >= 4 is 275 Å². The van der Waals surface area contributed by atoms with E-state index in [-0.39, 0.29) is 0 Å². The molecule has 0 unspecified atom stereocenters. The van der Waals surface area contributed by atoms with Crippen LogP contribution in [0.4, 0.5) is 0 Å². The first kappa shape index (κ1) is 82.1. The zero-order valence-corrected chi connectivity index (χ0v) is 81.4. The van der Waals surface area contributed by atoms with Crippen LogP contribution in [0.3, 0.4) is 0 Å². The lowest BCUT2D eigenvalue weighted by atomic mass is 10.00. The highest BCUT2D eigenvalue weighted by molar-refractivity contribution is 7.29. The van der Waals surface area contributed by atoms with Crippen LogP contribution in [0.25, 0.3) is 290 Å². The van der Waals surface area contributed by atoms with Gasteiger partial charge in [-0.15, -0.1) is 90.7 Å². The van der Waals surface area contributed by atoms with Crippen LogP contribution in [0.5, 0.6) is 0 Å². The normalized spacial score (nSPS) is 12.0. The molecule has 0 radical (unpaired) electrons. The van der Waals surface area contributed by atoms with Crippen molar-refractivity contribution in [2.45, 2.75) is 0 Å². The summed E-state index contributed by atoms with van der Waals surface area (Å²) in [4.78, 5) is 33.4. The first-order chi connectivity index (χ1) is 69.8. The molecule has 15 heteroatoms. The summed E-state index contributed by atoms with van der Waals surface area (Å²) in [6.07, 6.45) is 5.79. The molecule has 141 heavy (non-hydrogen) atoms. The van der Waals surface area contributed by atoms with Gasteiger partial charge < -0.3 is 4.57 Å². The van der Waals surface area contributed by atoms with Crippen molar-refractivity contribution in [1.82, 2.24) is 34.5 Å². The second-order valence-electron chi connectivity index (χ2n) is 35.7. The first-order valence-electron chi connectivity index (χ1n) is 46.9. The number of benzene rings is 19. The largest absolute Gasteiger partial charge is 0.309 e. The third-order valence-corrected chi connectivity index (χ3v) is 36.9. The molecule has 12 heterocycles. The third kappa shape index (κ3) is 13.8. The second-order valence-corrected chi connectivity index (χ2v) is 44.0. The Kier molecular flexibility index (Phi) is 19.4. The van der Waals surface area contributed by atoms with Crippen LogP contribution in [0, 0.1) is 0 Å². The quantitative estimate of drug-likeness (QED) is 0.136. The highest BCUT2D eigenvalue weighted by Crippen LogP contribution is 2.51. The van der Waals surface area contributed by atoms with E-state index in [0.717, 1.165) is 86.7 Å². The summed E-state index contributed by atoms with van der Waals surface area (Å²) in [5.74, 6) is 0. The molecule has 0 amide bonds. The molecule has 658 valence electrons. The Labute approximate surface area is 838 Å². The Bertz CT molecular complexity index is 10600. The number of hydrogen-bond acceptors (Lipinski definition) is 14. The molecule has 0 N–H and O–H groups in total. The van der Waals surface area contributed by atoms with E-state index in [4.69, 9.17) is 29.9 Å². The molecule has 0 spiro atoms. The predicted octanol–water partition coefficient (Wildman–Crippen LogP) is 38.5. The molecule has 31 aromatic rings. The molecular formula is C126H71N7S8. The molecule has 0 saturated heterocycles. The minimum absolute atomic E-state index is 0.888. The number of rotatable bonds is 10. The van der Waals surface area contributed by atoms with Gasteiger partial charge in [0.15, 0.2) is 0 Å². The van der Waals surface area contributed by atoms with E-state index in [9.17, 15) is 0 Å². The number of para-hydroxylation sites is 2. The van der Waals surface area contributed by atoms with Crippen molar-refractivity contribution in [2.24, 2.45) is 0 Å². The molecule has 0 bridgehead atoms. The molecule has 0 aliphatic rings. The maximum atomic E-state index is 5.21. The maximum Gasteiger partial charge on any atom is 0.143 e. The zero-order chi connectivity index (χ0) is 92.4. The molecular weight excluding hydrogens is 1870 g/mol. The molecule has 0 aliphatic carbocycles. The van der Waals surface area contributed by atoms with Gasteiger partial charge in [0.05, 0.1) is 46.7 Å². The molecule has 12 aromatic heterocycles. The van der Waals surface area contributed by atoms with Crippen molar-refractivity contribution in [1.29, 1.82) is 0 Å². The smallest absolute Gasteiger partial charge is 0.143 e. The van der Waals surface area contributed by atoms with Gasteiger partial charge in [-0.1, -0.05) is 328 Å². The van der Waals surface area contributed by atoms with E-state index in [1.165, 1.54) is 204 Å². The van der Waals surface area contributed by atoms with Crippen LogP contribution >= 0.6 is 90.7 Å². The minimum atomic E-state index is 0.888. The van der Waals surface area contributed by atoms with E-state index in [2.05, 4.69) is 417 Å². The summed E-state index contributed by atoms with van der Waals surface area (Å²) in [5.41, 5.74) is 27.1. The van der Waals surface area contributed by atoms with Gasteiger partial charge in [-0.3, -0.25) is 15.0 Å². The summed E-state index contributed by atoms with van der Waals surface area (Å²) >= 11 is 14.5. The SMILES string of the molecule is c1cc(-c2cnc3c(n2)sc2c(-c4cccc5c4sc4ccccc45)cccc23)cc(-c2cccc3c2sc2ccccc23)c1.c1cc(-c2cnc3c(n2)sc2cc(-c4cccc(-n5c6ccccc6c6ccccc65)c4)ccc23)cc(-c2cccc3c2sc2ccccc23)c1.c1cc(-c2cnc3c(n2)sc2cc(-c4cccc5c4sc4ccccc45)ccc23)cc(-c2cccc3c2sc2ccccc23)c1. The van der Waals surface area contributed by atoms with Gasteiger partial charge in [0, 0.05) is 175 Å². The van der Waals surface area contributed by atoms with Gasteiger partial charge in [-0.25, -0.2) is 15.0 Å². The molecule has 0 fully saturated rings. The van der Waals surface area contributed by atoms with Gasteiger partial charge in [0.2, 0.25) is 0 Å². The number of aromatic nitrogens is 7. The Morgan fingerprint density at radius 3 is 0.830 bits per heavy atom. The van der Waals surface area contributed by atoms with Crippen LogP contribution in [-0.2, 0) is 0 Å². The van der Waals surface area contributed by atoms with Crippen molar-refractivity contribution in [3.63, 3.8) is 0 Å². The predicted molar refractivity (Wildman–Crippen MR) is 612 cm³/mol. The van der Waals surface area contributed by atoms with E-state index in [0.29, 0.717) is 0 Å². The number of fused-ring (bicyclic) bond motifs is 27.